The van der Waals surface area contributed by atoms with E-state index < -0.39 is 0 Å². The van der Waals surface area contributed by atoms with E-state index in [1.165, 1.54) is 0 Å². The van der Waals surface area contributed by atoms with E-state index in [-0.39, 0.29) is 18.2 Å². The Morgan fingerprint density at radius 3 is 1.87 bits per heavy atom. The summed E-state index contributed by atoms with van der Waals surface area (Å²) in [6.07, 6.45) is -0.106. The number of rotatable bonds is 7. The molecule has 4 heteroatoms. The summed E-state index contributed by atoms with van der Waals surface area (Å²) in [5.41, 5.74) is 3.09. The van der Waals surface area contributed by atoms with Gasteiger partial charge in [0.1, 0.15) is 6.42 Å². The number of benzene rings is 1. The predicted molar refractivity (Wildman–Crippen MR) is 95.8 cm³/mol. The van der Waals surface area contributed by atoms with Crippen molar-refractivity contribution in [1.82, 2.24) is 4.90 Å². The standard InChI is InChI=1S/C19H30N2O2/c1-7-21(8-2)18(23)12-17(22)20-19-15(13(3)4)10-9-11-16(19)14(5)6/h9-11,13-14H,7-8,12H2,1-6H3,(H,20,22). The van der Waals surface area contributed by atoms with Crippen molar-refractivity contribution < 1.29 is 9.59 Å². The van der Waals surface area contributed by atoms with Gasteiger partial charge in [0.15, 0.2) is 0 Å². The van der Waals surface area contributed by atoms with Crippen LogP contribution in [0, 0.1) is 0 Å². The van der Waals surface area contributed by atoms with E-state index in [0.717, 1.165) is 16.8 Å². The highest BCUT2D eigenvalue weighted by Crippen LogP contribution is 2.32. The molecule has 0 saturated heterocycles. The molecule has 0 aliphatic rings. The Hall–Kier alpha value is -1.84. The second-order valence-corrected chi connectivity index (χ2v) is 6.41. The van der Waals surface area contributed by atoms with Crippen LogP contribution in [-0.2, 0) is 9.59 Å². The quantitative estimate of drug-likeness (QED) is 0.768. The molecule has 0 unspecified atom stereocenters. The van der Waals surface area contributed by atoms with E-state index in [9.17, 15) is 9.59 Å². The molecule has 4 nitrogen and oxygen atoms in total. The summed E-state index contributed by atoms with van der Waals surface area (Å²) < 4.78 is 0. The molecule has 0 aliphatic heterocycles. The van der Waals surface area contributed by atoms with Gasteiger partial charge in [0.05, 0.1) is 0 Å². The average Bonchev–Trinajstić information content (AvgIpc) is 2.47. The molecule has 2 amide bonds. The fourth-order valence-corrected chi connectivity index (χ4v) is 2.70. The highest BCUT2D eigenvalue weighted by molar-refractivity contribution is 6.04. The molecule has 0 fully saturated rings. The van der Waals surface area contributed by atoms with E-state index in [4.69, 9.17) is 0 Å². The highest BCUT2D eigenvalue weighted by atomic mass is 16.2. The second kappa shape index (κ2) is 8.70. The zero-order valence-corrected chi connectivity index (χ0v) is 15.3. The van der Waals surface area contributed by atoms with Crippen molar-refractivity contribution in [1.29, 1.82) is 0 Å². The van der Waals surface area contributed by atoms with Crippen molar-refractivity contribution in [3.05, 3.63) is 29.3 Å². The third kappa shape index (κ3) is 5.08. The van der Waals surface area contributed by atoms with Gasteiger partial charge in [0.25, 0.3) is 0 Å². The molecule has 0 bridgehead atoms. The maximum Gasteiger partial charge on any atom is 0.233 e. The van der Waals surface area contributed by atoms with Crippen molar-refractivity contribution in [2.24, 2.45) is 0 Å². The summed E-state index contributed by atoms with van der Waals surface area (Å²) in [6, 6.07) is 6.11. The molecule has 0 saturated carbocycles. The number of nitrogens with one attached hydrogen (secondary N) is 1. The number of hydrogen-bond donors (Lipinski definition) is 1. The lowest BCUT2D eigenvalue weighted by Crippen LogP contribution is -2.33. The molecule has 23 heavy (non-hydrogen) atoms. The number of anilines is 1. The number of carbonyl (C=O) groups is 2. The summed E-state index contributed by atoms with van der Waals surface area (Å²) in [7, 11) is 0. The van der Waals surface area contributed by atoms with E-state index >= 15 is 0 Å². The van der Waals surface area contributed by atoms with Crippen LogP contribution in [0.25, 0.3) is 0 Å². The normalized spacial score (nSPS) is 11.0. The number of amides is 2. The molecule has 0 atom stereocenters. The fraction of sp³-hybridized carbons (Fsp3) is 0.579. The number of carbonyl (C=O) groups excluding carboxylic acids is 2. The van der Waals surface area contributed by atoms with Crippen LogP contribution in [0.3, 0.4) is 0 Å². The summed E-state index contributed by atoms with van der Waals surface area (Å²) in [4.78, 5) is 26.1. The minimum Gasteiger partial charge on any atom is -0.343 e. The number of nitrogens with zero attached hydrogens (tertiary/aromatic N) is 1. The van der Waals surface area contributed by atoms with E-state index in [2.05, 4.69) is 33.0 Å². The SMILES string of the molecule is CCN(CC)C(=O)CC(=O)Nc1c(C(C)C)cccc1C(C)C. The monoisotopic (exact) mass is 318 g/mol. The van der Waals surface area contributed by atoms with Crippen LogP contribution in [-0.4, -0.2) is 29.8 Å². The molecule has 0 radical (unpaired) electrons. The Labute approximate surface area is 140 Å². The first kappa shape index (κ1) is 19.2. The molecule has 0 spiro atoms. The fourth-order valence-electron chi connectivity index (χ4n) is 2.70. The molecule has 1 rings (SSSR count). The topological polar surface area (TPSA) is 49.4 Å². The van der Waals surface area contributed by atoms with Crippen molar-refractivity contribution in [3.63, 3.8) is 0 Å². The summed E-state index contributed by atoms with van der Waals surface area (Å²) >= 11 is 0. The third-order valence-electron chi connectivity index (χ3n) is 4.07. The molecule has 128 valence electrons. The lowest BCUT2D eigenvalue weighted by Gasteiger charge is -2.21. The Bertz CT molecular complexity index is 520. The summed E-state index contributed by atoms with van der Waals surface area (Å²) in [6.45, 7) is 13.5. The Morgan fingerprint density at radius 1 is 1.00 bits per heavy atom. The molecule has 0 heterocycles. The first-order valence-electron chi connectivity index (χ1n) is 8.52. The Balaban J connectivity index is 2.99. The Morgan fingerprint density at radius 2 is 1.48 bits per heavy atom. The van der Waals surface area contributed by atoms with Gasteiger partial charge in [0.2, 0.25) is 11.8 Å². The lowest BCUT2D eigenvalue weighted by molar-refractivity contribution is -0.134. The van der Waals surface area contributed by atoms with Gasteiger partial charge in [-0.05, 0) is 36.8 Å². The first-order valence-corrected chi connectivity index (χ1v) is 8.52. The number of para-hydroxylation sites is 1. The van der Waals surface area contributed by atoms with Gasteiger partial charge in [-0.2, -0.15) is 0 Å². The molecule has 0 aliphatic carbocycles. The van der Waals surface area contributed by atoms with Crippen LogP contribution in [0.15, 0.2) is 18.2 Å². The van der Waals surface area contributed by atoms with E-state index in [0.29, 0.717) is 24.9 Å². The summed E-state index contributed by atoms with van der Waals surface area (Å²) in [5.74, 6) is 0.252. The van der Waals surface area contributed by atoms with E-state index in [1.807, 2.05) is 32.0 Å². The highest BCUT2D eigenvalue weighted by Gasteiger charge is 2.19. The largest absolute Gasteiger partial charge is 0.343 e. The minimum absolute atomic E-state index is 0.106. The minimum atomic E-state index is -0.239. The van der Waals surface area contributed by atoms with Crippen LogP contribution in [0.4, 0.5) is 5.69 Å². The van der Waals surface area contributed by atoms with Crippen molar-refractivity contribution >= 4 is 17.5 Å². The molecular weight excluding hydrogens is 288 g/mol. The number of hydrogen-bond acceptors (Lipinski definition) is 2. The molecule has 1 N–H and O–H groups in total. The van der Waals surface area contributed by atoms with Gasteiger partial charge in [-0.1, -0.05) is 45.9 Å². The van der Waals surface area contributed by atoms with Gasteiger partial charge >= 0.3 is 0 Å². The van der Waals surface area contributed by atoms with Crippen LogP contribution in [0.1, 0.15) is 70.9 Å². The van der Waals surface area contributed by atoms with Crippen LogP contribution < -0.4 is 5.32 Å². The zero-order valence-electron chi connectivity index (χ0n) is 15.3. The van der Waals surface area contributed by atoms with Crippen molar-refractivity contribution in [2.75, 3.05) is 18.4 Å². The van der Waals surface area contributed by atoms with Crippen molar-refractivity contribution in [2.45, 2.75) is 59.8 Å². The van der Waals surface area contributed by atoms with Gasteiger partial charge in [-0.25, -0.2) is 0 Å². The van der Waals surface area contributed by atoms with Crippen LogP contribution in [0.2, 0.25) is 0 Å². The van der Waals surface area contributed by atoms with Gasteiger partial charge in [0, 0.05) is 18.8 Å². The van der Waals surface area contributed by atoms with E-state index in [1.54, 1.807) is 4.90 Å². The third-order valence-corrected chi connectivity index (χ3v) is 4.07. The molecule has 1 aromatic carbocycles. The molecule has 1 aromatic rings. The molecular formula is C19H30N2O2. The lowest BCUT2D eigenvalue weighted by atomic mass is 9.92. The zero-order chi connectivity index (χ0) is 17.6. The maximum absolute atomic E-state index is 12.4. The second-order valence-electron chi connectivity index (χ2n) is 6.41. The summed E-state index contributed by atoms with van der Waals surface area (Å²) in [5, 5.41) is 2.99. The average molecular weight is 318 g/mol. The van der Waals surface area contributed by atoms with Crippen LogP contribution >= 0.6 is 0 Å². The van der Waals surface area contributed by atoms with Gasteiger partial charge in [-0.15, -0.1) is 0 Å². The predicted octanol–water partition coefficient (Wildman–Crippen LogP) is 4.13. The van der Waals surface area contributed by atoms with Gasteiger partial charge in [-0.3, -0.25) is 9.59 Å². The first-order chi connectivity index (χ1) is 10.8. The smallest absolute Gasteiger partial charge is 0.233 e. The Kier molecular flexibility index (Phi) is 7.27. The van der Waals surface area contributed by atoms with Gasteiger partial charge < -0.3 is 10.2 Å². The van der Waals surface area contributed by atoms with Crippen LogP contribution in [0.5, 0.6) is 0 Å². The van der Waals surface area contributed by atoms with Crippen molar-refractivity contribution in [3.8, 4) is 0 Å². The maximum atomic E-state index is 12.4. The molecule has 0 aromatic heterocycles.